The van der Waals surface area contributed by atoms with Crippen LogP contribution < -0.4 is 5.32 Å². The van der Waals surface area contributed by atoms with Gasteiger partial charge in [0.25, 0.3) is 0 Å². The van der Waals surface area contributed by atoms with Crippen LogP contribution in [0, 0.1) is 5.92 Å². The summed E-state index contributed by atoms with van der Waals surface area (Å²) in [5, 5.41) is 4.38. The SMILES string of the molecule is CC(C)COCCCNc1ncnc2ccc(Br)cc12. The molecule has 20 heavy (non-hydrogen) atoms. The predicted molar refractivity (Wildman–Crippen MR) is 86.0 cm³/mol. The van der Waals surface area contributed by atoms with Gasteiger partial charge in [0.2, 0.25) is 0 Å². The zero-order chi connectivity index (χ0) is 14.4. The van der Waals surface area contributed by atoms with Gasteiger partial charge in [0, 0.05) is 29.6 Å². The van der Waals surface area contributed by atoms with Crippen LogP contribution in [-0.4, -0.2) is 29.7 Å². The van der Waals surface area contributed by atoms with Crippen LogP contribution >= 0.6 is 15.9 Å². The third kappa shape index (κ3) is 4.42. The summed E-state index contributed by atoms with van der Waals surface area (Å²) in [5.41, 5.74) is 0.946. The molecular weight excluding hydrogens is 318 g/mol. The summed E-state index contributed by atoms with van der Waals surface area (Å²) in [6.45, 7) is 6.75. The third-order valence-electron chi connectivity index (χ3n) is 2.81. The molecule has 0 bridgehead atoms. The second-order valence-electron chi connectivity index (χ2n) is 5.13. The lowest BCUT2D eigenvalue weighted by Crippen LogP contribution is -2.09. The topological polar surface area (TPSA) is 47.0 Å². The summed E-state index contributed by atoms with van der Waals surface area (Å²) in [7, 11) is 0. The smallest absolute Gasteiger partial charge is 0.137 e. The highest BCUT2D eigenvalue weighted by molar-refractivity contribution is 9.10. The Bertz CT molecular complexity index is 560. The fraction of sp³-hybridized carbons (Fsp3) is 0.467. The molecule has 0 spiro atoms. The van der Waals surface area contributed by atoms with E-state index in [1.807, 2.05) is 18.2 Å². The van der Waals surface area contributed by atoms with Crippen LogP contribution in [-0.2, 0) is 4.74 Å². The first-order chi connectivity index (χ1) is 9.66. The van der Waals surface area contributed by atoms with E-state index in [1.54, 1.807) is 6.33 Å². The number of hydrogen-bond donors (Lipinski definition) is 1. The Hall–Kier alpha value is -1.20. The Balaban J connectivity index is 1.88. The average molecular weight is 338 g/mol. The number of halogens is 1. The first kappa shape index (κ1) is 15.2. The fourth-order valence-corrected chi connectivity index (χ4v) is 2.23. The molecule has 0 unspecified atom stereocenters. The second-order valence-corrected chi connectivity index (χ2v) is 6.05. The number of aromatic nitrogens is 2. The summed E-state index contributed by atoms with van der Waals surface area (Å²) in [4.78, 5) is 8.57. The highest BCUT2D eigenvalue weighted by Crippen LogP contribution is 2.23. The quantitative estimate of drug-likeness (QED) is 0.779. The zero-order valence-electron chi connectivity index (χ0n) is 11.9. The molecule has 1 N–H and O–H groups in total. The van der Waals surface area contributed by atoms with E-state index in [2.05, 4.69) is 45.1 Å². The van der Waals surface area contributed by atoms with Crippen LogP contribution in [0.1, 0.15) is 20.3 Å². The van der Waals surface area contributed by atoms with Crippen molar-refractivity contribution in [1.82, 2.24) is 9.97 Å². The molecule has 0 aliphatic carbocycles. The Morgan fingerprint density at radius 2 is 2.15 bits per heavy atom. The van der Waals surface area contributed by atoms with Crippen molar-refractivity contribution >= 4 is 32.7 Å². The molecule has 0 saturated carbocycles. The second kappa shape index (κ2) is 7.55. The summed E-state index contributed by atoms with van der Waals surface area (Å²) in [6, 6.07) is 6.00. The standard InChI is InChI=1S/C15H20BrN3O/c1-11(2)9-20-7-3-6-17-15-13-8-12(16)4-5-14(13)18-10-19-15/h4-5,8,10-11H,3,6-7,9H2,1-2H3,(H,17,18,19). The molecule has 5 heteroatoms. The molecule has 0 saturated heterocycles. The summed E-state index contributed by atoms with van der Waals surface area (Å²) >= 11 is 3.48. The van der Waals surface area contributed by atoms with Gasteiger partial charge < -0.3 is 10.1 Å². The van der Waals surface area contributed by atoms with E-state index in [1.165, 1.54) is 0 Å². The molecule has 2 aromatic rings. The van der Waals surface area contributed by atoms with Gasteiger partial charge in [-0.15, -0.1) is 0 Å². The van der Waals surface area contributed by atoms with Crippen molar-refractivity contribution < 1.29 is 4.74 Å². The van der Waals surface area contributed by atoms with E-state index in [-0.39, 0.29) is 0 Å². The largest absolute Gasteiger partial charge is 0.381 e. The van der Waals surface area contributed by atoms with E-state index < -0.39 is 0 Å². The van der Waals surface area contributed by atoms with E-state index in [0.717, 1.165) is 47.4 Å². The van der Waals surface area contributed by atoms with Crippen LogP contribution in [0.25, 0.3) is 10.9 Å². The van der Waals surface area contributed by atoms with Gasteiger partial charge >= 0.3 is 0 Å². The molecule has 0 aliphatic rings. The maximum atomic E-state index is 5.56. The molecule has 0 amide bonds. The number of anilines is 1. The van der Waals surface area contributed by atoms with Crippen molar-refractivity contribution in [2.24, 2.45) is 5.92 Å². The van der Waals surface area contributed by atoms with Gasteiger partial charge in [-0.2, -0.15) is 0 Å². The predicted octanol–water partition coefficient (Wildman–Crippen LogP) is 3.87. The minimum atomic E-state index is 0.589. The number of benzene rings is 1. The van der Waals surface area contributed by atoms with Gasteiger partial charge in [0.1, 0.15) is 12.1 Å². The molecule has 0 fully saturated rings. The lowest BCUT2D eigenvalue weighted by Gasteiger charge is -2.09. The van der Waals surface area contributed by atoms with Gasteiger partial charge in [-0.05, 0) is 30.5 Å². The molecule has 2 rings (SSSR count). The fourth-order valence-electron chi connectivity index (χ4n) is 1.87. The van der Waals surface area contributed by atoms with Gasteiger partial charge in [0.05, 0.1) is 5.52 Å². The molecule has 0 radical (unpaired) electrons. The van der Waals surface area contributed by atoms with Crippen LogP contribution in [0.2, 0.25) is 0 Å². The van der Waals surface area contributed by atoms with Crippen molar-refractivity contribution in [2.45, 2.75) is 20.3 Å². The number of rotatable bonds is 7. The lowest BCUT2D eigenvalue weighted by molar-refractivity contribution is 0.110. The van der Waals surface area contributed by atoms with Gasteiger partial charge in [-0.3, -0.25) is 0 Å². The van der Waals surface area contributed by atoms with E-state index in [4.69, 9.17) is 4.74 Å². The maximum Gasteiger partial charge on any atom is 0.137 e. The molecule has 1 aromatic heterocycles. The van der Waals surface area contributed by atoms with Crippen molar-refractivity contribution in [3.05, 3.63) is 29.0 Å². The first-order valence-corrected chi connectivity index (χ1v) is 7.68. The number of nitrogens with zero attached hydrogens (tertiary/aromatic N) is 2. The van der Waals surface area contributed by atoms with E-state index in [0.29, 0.717) is 5.92 Å². The molecule has 0 aliphatic heterocycles. The molecule has 108 valence electrons. The lowest BCUT2D eigenvalue weighted by atomic mass is 10.2. The average Bonchev–Trinajstić information content (AvgIpc) is 2.42. The van der Waals surface area contributed by atoms with Crippen molar-refractivity contribution in [1.29, 1.82) is 0 Å². The van der Waals surface area contributed by atoms with Crippen LogP contribution in [0.4, 0.5) is 5.82 Å². The van der Waals surface area contributed by atoms with Crippen molar-refractivity contribution in [2.75, 3.05) is 25.1 Å². The maximum absolute atomic E-state index is 5.56. The minimum Gasteiger partial charge on any atom is -0.381 e. The normalized spacial score (nSPS) is 11.2. The Labute approximate surface area is 128 Å². The van der Waals surface area contributed by atoms with Gasteiger partial charge in [-0.25, -0.2) is 9.97 Å². The highest BCUT2D eigenvalue weighted by Gasteiger charge is 2.03. The molecule has 1 aromatic carbocycles. The van der Waals surface area contributed by atoms with Crippen molar-refractivity contribution in [3.8, 4) is 0 Å². The Morgan fingerprint density at radius 1 is 1.30 bits per heavy atom. The molecular formula is C15H20BrN3O. The minimum absolute atomic E-state index is 0.589. The van der Waals surface area contributed by atoms with Crippen LogP contribution in [0.15, 0.2) is 29.0 Å². The molecule has 0 atom stereocenters. The van der Waals surface area contributed by atoms with Crippen molar-refractivity contribution in [3.63, 3.8) is 0 Å². The van der Waals surface area contributed by atoms with Gasteiger partial charge in [-0.1, -0.05) is 29.8 Å². The van der Waals surface area contributed by atoms with E-state index in [9.17, 15) is 0 Å². The number of ether oxygens (including phenoxy) is 1. The summed E-state index contributed by atoms with van der Waals surface area (Å²) in [6.07, 6.45) is 2.56. The third-order valence-corrected chi connectivity index (χ3v) is 3.30. The summed E-state index contributed by atoms with van der Waals surface area (Å²) in [5.74, 6) is 1.46. The van der Waals surface area contributed by atoms with E-state index >= 15 is 0 Å². The number of hydrogen-bond acceptors (Lipinski definition) is 4. The Kier molecular flexibility index (Phi) is 5.73. The summed E-state index contributed by atoms with van der Waals surface area (Å²) < 4.78 is 6.59. The zero-order valence-corrected chi connectivity index (χ0v) is 13.5. The van der Waals surface area contributed by atoms with Crippen LogP contribution in [0.3, 0.4) is 0 Å². The molecule has 4 nitrogen and oxygen atoms in total. The first-order valence-electron chi connectivity index (χ1n) is 6.88. The highest BCUT2D eigenvalue weighted by atomic mass is 79.9. The molecule has 1 heterocycles. The monoisotopic (exact) mass is 337 g/mol. The van der Waals surface area contributed by atoms with Gasteiger partial charge in [0.15, 0.2) is 0 Å². The Morgan fingerprint density at radius 3 is 2.95 bits per heavy atom. The van der Waals surface area contributed by atoms with Crippen LogP contribution in [0.5, 0.6) is 0 Å². The number of fused-ring (bicyclic) bond motifs is 1. The number of nitrogens with one attached hydrogen (secondary N) is 1.